The van der Waals surface area contributed by atoms with Crippen molar-refractivity contribution in [2.75, 3.05) is 18.4 Å². The molecule has 0 aliphatic carbocycles. The summed E-state index contributed by atoms with van der Waals surface area (Å²) in [6.07, 6.45) is 3.73. The third-order valence-corrected chi connectivity index (χ3v) is 5.20. The van der Waals surface area contributed by atoms with E-state index in [-0.39, 0.29) is 0 Å². The number of hydrogen-bond donors (Lipinski definition) is 1. The minimum atomic E-state index is 0.494. The SMILES string of the molecule is c1ccc(NC[C@@H]2CN(Cc3cccs3)Cc3ccnn3C2)nc1. The number of rotatable bonds is 5. The van der Waals surface area contributed by atoms with Crippen LogP contribution in [0, 0.1) is 5.92 Å². The van der Waals surface area contributed by atoms with E-state index in [1.54, 1.807) is 0 Å². The van der Waals surface area contributed by atoms with Crippen LogP contribution in [0.2, 0.25) is 0 Å². The number of hydrogen-bond acceptors (Lipinski definition) is 5. The minimum Gasteiger partial charge on any atom is -0.370 e. The molecule has 0 unspecified atom stereocenters. The molecule has 3 aromatic heterocycles. The van der Waals surface area contributed by atoms with Gasteiger partial charge in [0, 0.05) is 55.9 Å². The predicted octanol–water partition coefficient (Wildman–Crippen LogP) is 3.08. The number of pyridine rings is 1. The Morgan fingerprint density at radius 3 is 2.96 bits per heavy atom. The van der Waals surface area contributed by atoms with Crippen molar-refractivity contribution in [2.45, 2.75) is 19.6 Å². The number of anilines is 1. The zero-order chi connectivity index (χ0) is 16.2. The molecule has 0 aromatic carbocycles. The maximum atomic E-state index is 4.50. The number of aromatic nitrogens is 3. The van der Waals surface area contributed by atoms with Crippen LogP contribution < -0.4 is 5.32 Å². The van der Waals surface area contributed by atoms with Crippen molar-refractivity contribution in [1.82, 2.24) is 19.7 Å². The maximum absolute atomic E-state index is 4.50. The van der Waals surface area contributed by atoms with Gasteiger partial charge in [-0.25, -0.2) is 4.98 Å². The third kappa shape index (κ3) is 3.66. The highest BCUT2D eigenvalue weighted by Gasteiger charge is 2.22. The quantitative estimate of drug-likeness (QED) is 0.776. The lowest BCUT2D eigenvalue weighted by Crippen LogP contribution is -2.31. The summed E-state index contributed by atoms with van der Waals surface area (Å²) < 4.78 is 2.15. The standard InChI is InChI=1S/C18H21N5S/c1-2-7-19-18(5-1)20-10-15-11-22(14-17-4-3-9-24-17)13-16-6-8-21-23(16)12-15/h1-9,15H,10-14H2,(H,19,20)/t15-/m1/s1. The number of nitrogens with zero attached hydrogens (tertiary/aromatic N) is 4. The van der Waals surface area contributed by atoms with Crippen LogP contribution in [0.5, 0.6) is 0 Å². The maximum Gasteiger partial charge on any atom is 0.125 e. The molecule has 1 N–H and O–H groups in total. The van der Waals surface area contributed by atoms with Crippen molar-refractivity contribution in [2.24, 2.45) is 5.92 Å². The van der Waals surface area contributed by atoms with Gasteiger partial charge in [0.1, 0.15) is 5.82 Å². The van der Waals surface area contributed by atoms with Crippen molar-refractivity contribution in [3.8, 4) is 0 Å². The van der Waals surface area contributed by atoms with Crippen LogP contribution in [0.1, 0.15) is 10.6 Å². The Balaban J connectivity index is 1.46. The fourth-order valence-electron chi connectivity index (χ4n) is 3.21. The Hall–Kier alpha value is -2.18. The molecule has 0 saturated heterocycles. The Morgan fingerprint density at radius 2 is 2.12 bits per heavy atom. The lowest BCUT2D eigenvalue weighted by molar-refractivity contribution is 0.227. The minimum absolute atomic E-state index is 0.494. The van der Waals surface area contributed by atoms with E-state index in [1.165, 1.54) is 10.6 Å². The molecule has 5 nitrogen and oxygen atoms in total. The lowest BCUT2D eigenvalue weighted by Gasteiger charge is -2.23. The molecule has 0 amide bonds. The first-order valence-corrected chi connectivity index (χ1v) is 9.15. The predicted molar refractivity (Wildman–Crippen MR) is 96.9 cm³/mol. The van der Waals surface area contributed by atoms with E-state index in [9.17, 15) is 0 Å². The molecule has 0 bridgehead atoms. The van der Waals surface area contributed by atoms with Crippen LogP contribution in [0.15, 0.2) is 54.2 Å². The highest BCUT2D eigenvalue weighted by Crippen LogP contribution is 2.20. The topological polar surface area (TPSA) is 46.0 Å². The molecule has 4 rings (SSSR count). The van der Waals surface area contributed by atoms with Crippen LogP contribution in [0.4, 0.5) is 5.82 Å². The van der Waals surface area contributed by atoms with Crippen molar-refractivity contribution < 1.29 is 0 Å². The second-order valence-electron chi connectivity index (χ2n) is 6.22. The fraction of sp³-hybridized carbons (Fsp3) is 0.333. The molecule has 1 atom stereocenters. The Kier molecular flexibility index (Phi) is 4.57. The van der Waals surface area contributed by atoms with Gasteiger partial charge in [0.2, 0.25) is 0 Å². The summed E-state index contributed by atoms with van der Waals surface area (Å²) in [5.74, 6) is 1.43. The van der Waals surface area contributed by atoms with Gasteiger partial charge < -0.3 is 5.32 Å². The molecule has 0 spiro atoms. The average molecular weight is 339 g/mol. The van der Waals surface area contributed by atoms with Gasteiger partial charge >= 0.3 is 0 Å². The van der Waals surface area contributed by atoms with E-state index in [0.717, 1.165) is 38.5 Å². The van der Waals surface area contributed by atoms with E-state index in [1.807, 2.05) is 41.9 Å². The van der Waals surface area contributed by atoms with Gasteiger partial charge in [-0.1, -0.05) is 12.1 Å². The Morgan fingerprint density at radius 1 is 1.12 bits per heavy atom. The van der Waals surface area contributed by atoms with Gasteiger partial charge in [0.15, 0.2) is 0 Å². The molecule has 3 aromatic rings. The van der Waals surface area contributed by atoms with Gasteiger partial charge in [-0.2, -0.15) is 5.10 Å². The summed E-state index contributed by atoms with van der Waals surface area (Å²) in [5.41, 5.74) is 1.30. The number of thiophene rings is 1. The normalized spacial score (nSPS) is 18.1. The van der Waals surface area contributed by atoms with Crippen LogP contribution in [-0.4, -0.2) is 32.8 Å². The summed E-state index contributed by atoms with van der Waals surface area (Å²) in [5, 5.41) is 10.1. The van der Waals surface area contributed by atoms with Crippen LogP contribution in [0.3, 0.4) is 0 Å². The molecule has 124 valence electrons. The van der Waals surface area contributed by atoms with E-state index in [2.05, 4.69) is 48.6 Å². The first-order chi connectivity index (χ1) is 11.9. The van der Waals surface area contributed by atoms with Crippen molar-refractivity contribution in [3.05, 3.63) is 64.7 Å². The smallest absolute Gasteiger partial charge is 0.125 e. The van der Waals surface area contributed by atoms with Crippen LogP contribution >= 0.6 is 11.3 Å². The van der Waals surface area contributed by atoms with E-state index in [4.69, 9.17) is 0 Å². The zero-order valence-electron chi connectivity index (χ0n) is 13.5. The van der Waals surface area contributed by atoms with Crippen molar-refractivity contribution in [1.29, 1.82) is 0 Å². The monoisotopic (exact) mass is 339 g/mol. The molecule has 4 heterocycles. The summed E-state index contributed by atoms with van der Waals surface area (Å²) >= 11 is 1.83. The molecule has 1 aliphatic rings. The molecule has 0 saturated carbocycles. The second kappa shape index (κ2) is 7.15. The van der Waals surface area contributed by atoms with Gasteiger partial charge in [-0.05, 0) is 29.6 Å². The molecule has 6 heteroatoms. The fourth-order valence-corrected chi connectivity index (χ4v) is 3.95. The molecule has 0 radical (unpaired) electrons. The van der Waals surface area contributed by atoms with E-state index >= 15 is 0 Å². The average Bonchev–Trinajstić information content (AvgIpc) is 3.23. The molecule has 24 heavy (non-hydrogen) atoms. The summed E-state index contributed by atoms with van der Waals surface area (Å²) in [6.45, 7) is 4.86. The van der Waals surface area contributed by atoms with Gasteiger partial charge in [-0.3, -0.25) is 9.58 Å². The van der Waals surface area contributed by atoms with Gasteiger partial charge in [0.25, 0.3) is 0 Å². The first kappa shape index (κ1) is 15.4. The van der Waals surface area contributed by atoms with Crippen molar-refractivity contribution >= 4 is 17.2 Å². The second-order valence-corrected chi connectivity index (χ2v) is 7.25. The van der Waals surface area contributed by atoms with Gasteiger partial charge in [-0.15, -0.1) is 11.3 Å². The molecular formula is C18H21N5S. The third-order valence-electron chi connectivity index (χ3n) is 4.33. The zero-order valence-corrected chi connectivity index (χ0v) is 14.3. The summed E-state index contributed by atoms with van der Waals surface area (Å²) in [6, 6.07) is 12.4. The van der Waals surface area contributed by atoms with Crippen molar-refractivity contribution in [3.63, 3.8) is 0 Å². The number of fused-ring (bicyclic) bond motifs is 1. The highest BCUT2D eigenvalue weighted by atomic mass is 32.1. The largest absolute Gasteiger partial charge is 0.370 e. The van der Waals surface area contributed by atoms with Gasteiger partial charge in [0.05, 0.1) is 5.69 Å². The first-order valence-electron chi connectivity index (χ1n) is 8.27. The highest BCUT2D eigenvalue weighted by molar-refractivity contribution is 7.09. The molecule has 1 aliphatic heterocycles. The summed E-state index contributed by atoms with van der Waals surface area (Å²) in [4.78, 5) is 8.30. The molecule has 0 fully saturated rings. The number of nitrogens with one attached hydrogen (secondary N) is 1. The lowest BCUT2D eigenvalue weighted by atomic mass is 10.1. The van der Waals surface area contributed by atoms with Crippen LogP contribution in [-0.2, 0) is 19.6 Å². The van der Waals surface area contributed by atoms with Crippen LogP contribution in [0.25, 0.3) is 0 Å². The summed E-state index contributed by atoms with van der Waals surface area (Å²) in [7, 11) is 0. The Labute approximate surface area is 146 Å². The molecular weight excluding hydrogens is 318 g/mol. The Bertz CT molecular complexity index is 753. The van der Waals surface area contributed by atoms with E-state index in [0.29, 0.717) is 5.92 Å². The van der Waals surface area contributed by atoms with E-state index < -0.39 is 0 Å².